The number of rotatable bonds is 7. The topological polar surface area (TPSA) is 99.9 Å². The maximum atomic E-state index is 12.5. The Hall–Kier alpha value is -3.07. The summed E-state index contributed by atoms with van der Waals surface area (Å²) in [5, 5.41) is 7.83. The van der Waals surface area contributed by atoms with Gasteiger partial charge in [0.05, 0.1) is 11.1 Å². The Morgan fingerprint density at radius 1 is 1.00 bits per heavy atom. The second kappa shape index (κ2) is 8.74. The van der Waals surface area contributed by atoms with Gasteiger partial charge in [-0.3, -0.25) is 24.2 Å². The smallest absolute Gasteiger partial charge is 0.261 e. The number of fused-ring (bicyclic) bond motifs is 1. The minimum Gasteiger partial charge on any atom is -0.426 e. The fourth-order valence-corrected chi connectivity index (χ4v) is 3.90. The number of imide groups is 1. The molecule has 0 aliphatic carbocycles. The summed E-state index contributed by atoms with van der Waals surface area (Å²) in [7, 11) is 0. The van der Waals surface area contributed by atoms with Gasteiger partial charge in [0.15, 0.2) is 0 Å². The van der Waals surface area contributed by atoms with E-state index in [1.165, 1.54) is 4.90 Å². The second-order valence-corrected chi connectivity index (χ2v) is 7.60. The summed E-state index contributed by atoms with van der Waals surface area (Å²) in [6, 6.07) is 6.83. The minimum atomic E-state index is -0.270. The van der Waals surface area contributed by atoms with Crippen LogP contribution >= 0.6 is 0 Å². The van der Waals surface area contributed by atoms with Crippen LogP contribution in [-0.4, -0.2) is 81.9 Å². The summed E-state index contributed by atoms with van der Waals surface area (Å²) in [4.78, 5) is 42.7. The van der Waals surface area contributed by atoms with Gasteiger partial charge in [-0.2, -0.15) is 0 Å². The molecule has 1 saturated heterocycles. The molecular formula is C21H25N5O4. The number of aromatic nitrogens is 2. The van der Waals surface area contributed by atoms with Gasteiger partial charge in [-0.15, -0.1) is 10.2 Å². The summed E-state index contributed by atoms with van der Waals surface area (Å²) in [5.41, 5.74) is 0.890. The summed E-state index contributed by atoms with van der Waals surface area (Å²) < 4.78 is 5.39. The molecule has 3 heterocycles. The van der Waals surface area contributed by atoms with Crippen molar-refractivity contribution >= 4 is 17.7 Å². The quantitative estimate of drug-likeness (QED) is 0.630. The van der Waals surface area contributed by atoms with Gasteiger partial charge in [0.2, 0.25) is 17.7 Å². The van der Waals surface area contributed by atoms with E-state index in [0.29, 0.717) is 55.3 Å². The predicted molar refractivity (Wildman–Crippen MR) is 107 cm³/mol. The van der Waals surface area contributed by atoms with Gasteiger partial charge in [0.25, 0.3) is 11.8 Å². The molecule has 1 aromatic carbocycles. The molecule has 2 aliphatic rings. The summed E-state index contributed by atoms with van der Waals surface area (Å²) in [5.74, 6) is 0.737. The van der Waals surface area contributed by atoms with E-state index < -0.39 is 0 Å². The van der Waals surface area contributed by atoms with Crippen LogP contribution in [-0.2, 0) is 11.2 Å². The zero-order valence-electron chi connectivity index (χ0n) is 17.0. The first kappa shape index (κ1) is 20.2. The number of amides is 3. The standard InChI is InChI=1S/C21H25N5O4/c1-15-22-23-18(30-15)8-10-24-11-13-25(14-12-24)19(27)7-4-9-26-20(28)16-5-2-3-6-17(16)21(26)29/h2-3,5-6H,4,7-14H2,1H3. The van der Waals surface area contributed by atoms with Crippen molar-refractivity contribution < 1.29 is 18.8 Å². The highest BCUT2D eigenvalue weighted by Crippen LogP contribution is 2.22. The molecule has 2 aliphatic heterocycles. The van der Waals surface area contributed by atoms with Gasteiger partial charge < -0.3 is 9.32 Å². The Balaban J connectivity index is 1.18. The molecule has 0 spiro atoms. The largest absolute Gasteiger partial charge is 0.426 e. The van der Waals surface area contributed by atoms with E-state index in [0.717, 1.165) is 19.6 Å². The number of benzene rings is 1. The van der Waals surface area contributed by atoms with E-state index >= 15 is 0 Å². The number of hydrogen-bond acceptors (Lipinski definition) is 7. The van der Waals surface area contributed by atoms with Crippen LogP contribution in [0.2, 0.25) is 0 Å². The van der Waals surface area contributed by atoms with Gasteiger partial charge in [-0.05, 0) is 18.6 Å². The summed E-state index contributed by atoms with van der Waals surface area (Å²) in [6.07, 6.45) is 1.50. The van der Waals surface area contributed by atoms with Crippen molar-refractivity contribution in [2.45, 2.75) is 26.2 Å². The molecule has 3 amide bonds. The number of carbonyl (C=O) groups excluding carboxylic acids is 3. The van der Waals surface area contributed by atoms with Crippen LogP contribution in [0.5, 0.6) is 0 Å². The lowest BCUT2D eigenvalue weighted by molar-refractivity contribution is -0.133. The molecule has 0 radical (unpaired) electrons. The van der Waals surface area contributed by atoms with Gasteiger partial charge in [0.1, 0.15) is 0 Å². The molecule has 0 N–H and O–H groups in total. The summed E-state index contributed by atoms with van der Waals surface area (Å²) in [6.45, 7) is 5.82. The fourth-order valence-electron chi connectivity index (χ4n) is 3.90. The number of aryl methyl sites for hydroxylation is 1. The average molecular weight is 411 g/mol. The lowest BCUT2D eigenvalue weighted by Gasteiger charge is -2.34. The van der Waals surface area contributed by atoms with Gasteiger partial charge in [-0.25, -0.2) is 0 Å². The molecule has 1 aromatic heterocycles. The molecule has 0 unspecified atom stereocenters. The Bertz CT molecular complexity index is 913. The van der Waals surface area contributed by atoms with Crippen molar-refractivity contribution in [3.05, 3.63) is 47.2 Å². The van der Waals surface area contributed by atoms with Gasteiger partial charge in [0, 0.05) is 59.0 Å². The highest BCUT2D eigenvalue weighted by atomic mass is 16.4. The van der Waals surface area contributed by atoms with Crippen molar-refractivity contribution in [3.8, 4) is 0 Å². The molecule has 4 rings (SSSR count). The minimum absolute atomic E-state index is 0.0683. The van der Waals surface area contributed by atoms with E-state index in [1.54, 1.807) is 31.2 Å². The molecule has 30 heavy (non-hydrogen) atoms. The van der Waals surface area contributed by atoms with Crippen LogP contribution in [0, 0.1) is 6.92 Å². The van der Waals surface area contributed by atoms with Crippen molar-refractivity contribution in [2.75, 3.05) is 39.3 Å². The second-order valence-electron chi connectivity index (χ2n) is 7.60. The van der Waals surface area contributed by atoms with Crippen LogP contribution < -0.4 is 0 Å². The molecule has 1 fully saturated rings. The maximum Gasteiger partial charge on any atom is 0.261 e. The zero-order valence-corrected chi connectivity index (χ0v) is 17.0. The molecule has 0 saturated carbocycles. The third-order valence-electron chi connectivity index (χ3n) is 5.59. The molecule has 9 nitrogen and oxygen atoms in total. The lowest BCUT2D eigenvalue weighted by Crippen LogP contribution is -2.49. The first-order valence-electron chi connectivity index (χ1n) is 10.3. The zero-order chi connectivity index (χ0) is 21.1. The highest BCUT2D eigenvalue weighted by Gasteiger charge is 2.34. The fraction of sp³-hybridized carbons (Fsp3) is 0.476. The van der Waals surface area contributed by atoms with Crippen LogP contribution in [0.15, 0.2) is 28.7 Å². The van der Waals surface area contributed by atoms with E-state index in [9.17, 15) is 14.4 Å². The van der Waals surface area contributed by atoms with Crippen LogP contribution in [0.3, 0.4) is 0 Å². The maximum absolute atomic E-state index is 12.5. The van der Waals surface area contributed by atoms with Gasteiger partial charge in [-0.1, -0.05) is 12.1 Å². The number of hydrogen-bond donors (Lipinski definition) is 0. The monoisotopic (exact) mass is 411 g/mol. The third kappa shape index (κ3) is 4.25. The van der Waals surface area contributed by atoms with Crippen molar-refractivity contribution in [1.82, 2.24) is 24.9 Å². The third-order valence-corrected chi connectivity index (χ3v) is 5.59. The predicted octanol–water partition coefficient (Wildman–Crippen LogP) is 1.14. The number of carbonyl (C=O) groups is 3. The number of piperazine rings is 1. The Morgan fingerprint density at radius 3 is 2.27 bits per heavy atom. The molecule has 9 heteroatoms. The molecule has 0 atom stereocenters. The highest BCUT2D eigenvalue weighted by molar-refractivity contribution is 6.21. The van der Waals surface area contributed by atoms with E-state index in [-0.39, 0.29) is 24.3 Å². The van der Waals surface area contributed by atoms with Crippen LogP contribution in [0.25, 0.3) is 0 Å². The SMILES string of the molecule is Cc1nnc(CCN2CCN(C(=O)CCCN3C(=O)c4ccccc4C3=O)CC2)o1. The normalized spacial score (nSPS) is 17.0. The average Bonchev–Trinajstić information content (AvgIpc) is 3.29. The van der Waals surface area contributed by atoms with E-state index in [4.69, 9.17) is 4.42 Å². The Labute approximate surface area is 174 Å². The molecule has 2 aromatic rings. The molecular weight excluding hydrogens is 386 g/mol. The van der Waals surface area contributed by atoms with Crippen LogP contribution in [0.1, 0.15) is 45.3 Å². The first-order chi connectivity index (χ1) is 14.5. The van der Waals surface area contributed by atoms with Crippen molar-refractivity contribution in [3.63, 3.8) is 0 Å². The van der Waals surface area contributed by atoms with Crippen molar-refractivity contribution in [1.29, 1.82) is 0 Å². The van der Waals surface area contributed by atoms with E-state index in [2.05, 4.69) is 15.1 Å². The lowest BCUT2D eigenvalue weighted by atomic mass is 10.1. The van der Waals surface area contributed by atoms with Crippen LogP contribution in [0.4, 0.5) is 0 Å². The Morgan fingerprint density at radius 2 is 1.67 bits per heavy atom. The summed E-state index contributed by atoms with van der Waals surface area (Å²) >= 11 is 0. The Kier molecular flexibility index (Phi) is 5.89. The number of nitrogens with zero attached hydrogens (tertiary/aromatic N) is 5. The molecule has 0 bridgehead atoms. The molecule has 158 valence electrons. The first-order valence-corrected chi connectivity index (χ1v) is 10.3. The van der Waals surface area contributed by atoms with Crippen molar-refractivity contribution in [2.24, 2.45) is 0 Å². The van der Waals surface area contributed by atoms with Gasteiger partial charge >= 0.3 is 0 Å². The van der Waals surface area contributed by atoms with E-state index in [1.807, 2.05) is 4.90 Å².